The molecule has 1 aromatic rings. The van der Waals surface area contributed by atoms with E-state index < -0.39 is 0 Å². The summed E-state index contributed by atoms with van der Waals surface area (Å²) in [5, 5.41) is 6.66. The summed E-state index contributed by atoms with van der Waals surface area (Å²) in [7, 11) is 5.85. The maximum Gasteiger partial charge on any atom is 0.317 e. The van der Waals surface area contributed by atoms with E-state index in [1.54, 1.807) is 11.3 Å². The molecule has 22 heavy (non-hydrogen) atoms. The molecule has 2 amide bonds. The monoisotopic (exact) mass is 342 g/mol. The van der Waals surface area contributed by atoms with Gasteiger partial charge < -0.3 is 15.1 Å². The number of rotatable bonds is 6. The first-order valence-electron chi connectivity index (χ1n) is 7.75. The predicted octanol–water partition coefficient (Wildman–Crippen LogP) is 3.02. The number of nitrogens with zero attached hydrogens (tertiary/aromatic N) is 3. The molecular weight excluding hydrogens is 316 g/mol. The van der Waals surface area contributed by atoms with Gasteiger partial charge in [-0.15, -0.1) is 11.3 Å². The zero-order valence-electron chi connectivity index (χ0n) is 13.8. The van der Waals surface area contributed by atoms with Gasteiger partial charge in [0.2, 0.25) is 0 Å². The summed E-state index contributed by atoms with van der Waals surface area (Å²) in [5.74, 6) is 1.16. The van der Waals surface area contributed by atoms with Gasteiger partial charge in [-0.25, -0.2) is 9.78 Å². The third-order valence-electron chi connectivity index (χ3n) is 3.97. The van der Waals surface area contributed by atoms with Gasteiger partial charge in [-0.1, -0.05) is 6.92 Å². The summed E-state index contributed by atoms with van der Waals surface area (Å²) in [6, 6.07) is 0.378. The molecule has 0 unspecified atom stereocenters. The molecule has 5 nitrogen and oxygen atoms in total. The number of thioether (sulfide) groups is 1. The number of hydrogen-bond acceptors (Lipinski definition) is 5. The lowest BCUT2D eigenvalue weighted by Gasteiger charge is -2.24. The fraction of sp³-hybridized carbons (Fsp3) is 0.733. The lowest BCUT2D eigenvalue weighted by molar-refractivity contribution is 0.190. The van der Waals surface area contributed by atoms with Gasteiger partial charge in [-0.05, 0) is 25.0 Å². The summed E-state index contributed by atoms with van der Waals surface area (Å²) in [4.78, 5) is 20.6. The van der Waals surface area contributed by atoms with Gasteiger partial charge in [0.25, 0.3) is 0 Å². The number of thiazole rings is 1. The second kappa shape index (κ2) is 8.06. The van der Waals surface area contributed by atoms with E-state index in [2.05, 4.69) is 17.2 Å². The summed E-state index contributed by atoms with van der Waals surface area (Å²) in [6.45, 7) is 2.69. The first kappa shape index (κ1) is 17.4. The Morgan fingerprint density at radius 1 is 1.45 bits per heavy atom. The molecule has 1 N–H and O–H groups in total. The van der Waals surface area contributed by atoms with Crippen LogP contribution < -0.4 is 10.2 Å². The standard InChI is InChI=1S/C15H26N4OS2/c1-5-21-13-7-6-12(8-13)19(4)14(20)16-9-11-10-22-15(17-11)18(2)3/h10,12-13H,5-9H2,1-4H3,(H,16,20)/t12-,13-/m1/s1. The lowest BCUT2D eigenvalue weighted by Crippen LogP contribution is -2.42. The van der Waals surface area contributed by atoms with E-state index in [1.807, 2.05) is 48.1 Å². The SMILES string of the molecule is CCS[C@@H]1CC[C@@H](N(C)C(=O)NCc2csc(N(C)C)n2)C1. The molecule has 1 aromatic heterocycles. The van der Waals surface area contributed by atoms with Crippen molar-refractivity contribution in [1.29, 1.82) is 0 Å². The molecule has 1 heterocycles. The van der Waals surface area contributed by atoms with Crippen molar-refractivity contribution in [3.05, 3.63) is 11.1 Å². The van der Waals surface area contributed by atoms with Gasteiger partial charge in [0.15, 0.2) is 5.13 Å². The molecule has 2 atom stereocenters. The second-order valence-electron chi connectivity index (χ2n) is 5.83. The average Bonchev–Trinajstić information content (AvgIpc) is 3.13. The van der Waals surface area contributed by atoms with E-state index in [9.17, 15) is 4.79 Å². The van der Waals surface area contributed by atoms with Crippen molar-refractivity contribution < 1.29 is 4.79 Å². The van der Waals surface area contributed by atoms with Crippen LogP contribution in [0.3, 0.4) is 0 Å². The fourth-order valence-electron chi connectivity index (χ4n) is 2.70. The maximum atomic E-state index is 12.3. The Balaban J connectivity index is 1.79. The second-order valence-corrected chi connectivity index (χ2v) is 8.24. The molecule has 7 heteroatoms. The number of carbonyl (C=O) groups excluding carboxylic acids is 1. The third kappa shape index (κ3) is 4.52. The number of carbonyl (C=O) groups is 1. The van der Waals surface area contributed by atoms with E-state index in [0.29, 0.717) is 17.8 Å². The molecule has 0 aliphatic heterocycles. The summed E-state index contributed by atoms with van der Waals surface area (Å²) in [5.41, 5.74) is 0.918. The van der Waals surface area contributed by atoms with Crippen molar-refractivity contribution in [2.24, 2.45) is 0 Å². The van der Waals surface area contributed by atoms with Gasteiger partial charge in [0.05, 0.1) is 12.2 Å². The van der Waals surface area contributed by atoms with E-state index in [1.165, 1.54) is 6.42 Å². The first-order valence-corrected chi connectivity index (χ1v) is 9.68. The highest BCUT2D eigenvalue weighted by atomic mass is 32.2. The van der Waals surface area contributed by atoms with E-state index in [4.69, 9.17) is 0 Å². The van der Waals surface area contributed by atoms with Crippen LogP contribution in [0, 0.1) is 0 Å². The Labute approximate surface area is 141 Å². The van der Waals surface area contributed by atoms with Crippen LogP contribution in [-0.2, 0) is 6.54 Å². The van der Waals surface area contributed by atoms with E-state index in [0.717, 1.165) is 29.4 Å². The Morgan fingerprint density at radius 3 is 2.86 bits per heavy atom. The minimum absolute atomic E-state index is 0.00607. The smallest absolute Gasteiger partial charge is 0.317 e. The molecule has 1 aliphatic carbocycles. The highest BCUT2D eigenvalue weighted by molar-refractivity contribution is 7.99. The minimum atomic E-state index is 0.00607. The quantitative estimate of drug-likeness (QED) is 0.863. The van der Waals surface area contributed by atoms with E-state index in [-0.39, 0.29) is 6.03 Å². The lowest BCUT2D eigenvalue weighted by atomic mass is 10.2. The van der Waals surface area contributed by atoms with Crippen molar-refractivity contribution in [2.75, 3.05) is 31.8 Å². The number of anilines is 1. The zero-order chi connectivity index (χ0) is 16.1. The number of amides is 2. The molecule has 2 rings (SSSR count). The van der Waals surface area contributed by atoms with Crippen molar-refractivity contribution in [3.8, 4) is 0 Å². The van der Waals surface area contributed by atoms with Crippen LogP contribution in [0.4, 0.5) is 9.93 Å². The first-order chi connectivity index (χ1) is 10.5. The summed E-state index contributed by atoms with van der Waals surface area (Å²) < 4.78 is 0. The maximum absolute atomic E-state index is 12.3. The van der Waals surface area contributed by atoms with Crippen molar-refractivity contribution >= 4 is 34.3 Å². The zero-order valence-corrected chi connectivity index (χ0v) is 15.5. The summed E-state index contributed by atoms with van der Waals surface area (Å²) in [6.07, 6.45) is 3.45. The molecular formula is C15H26N4OS2. The van der Waals surface area contributed by atoms with Crippen molar-refractivity contribution in [3.63, 3.8) is 0 Å². The Morgan fingerprint density at radius 2 is 2.23 bits per heavy atom. The largest absolute Gasteiger partial charge is 0.354 e. The molecule has 0 spiro atoms. The molecule has 1 aliphatic rings. The molecule has 0 aromatic carbocycles. The van der Waals surface area contributed by atoms with Crippen LogP contribution in [0.1, 0.15) is 31.9 Å². The molecule has 0 saturated heterocycles. The number of hydrogen-bond donors (Lipinski definition) is 1. The predicted molar refractivity (Wildman–Crippen MR) is 96.0 cm³/mol. The van der Waals surface area contributed by atoms with Gasteiger partial charge in [-0.2, -0.15) is 11.8 Å². The average molecular weight is 343 g/mol. The van der Waals surface area contributed by atoms with Crippen LogP contribution in [0.25, 0.3) is 0 Å². The topological polar surface area (TPSA) is 48.5 Å². The Bertz CT molecular complexity index is 492. The molecule has 1 saturated carbocycles. The van der Waals surface area contributed by atoms with Crippen LogP contribution in [0.2, 0.25) is 0 Å². The molecule has 124 valence electrons. The highest BCUT2D eigenvalue weighted by Crippen LogP contribution is 2.32. The van der Waals surface area contributed by atoms with Crippen LogP contribution >= 0.6 is 23.1 Å². The Hall–Kier alpha value is -0.950. The van der Waals surface area contributed by atoms with Crippen molar-refractivity contribution in [1.82, 2.24) is 15.2 Å². The van der Waals surface area contributed by atoms with Gasteiger partial charge in [0.1, 0.15) is 0 Å². The van der Waals surface area contributed by atoms with Crippen LogP contribution in [-0.4, -0.2) is 54.1 Å². The molecule has 0 bridgehead atoms. The van der Waals surface area contributed by atoms with Gasteiger partial charge >= 0.3 is 6.03 Å². The highest BCUT2D eigenvalue weighted by Gasteiger charge is 2.29. The summed E-state index contributed by atoms with van der Waals surface area (Å²) >= 11 is 3.61. The molecule has 1 fully saturated rings. The fourth-order valence-corrected chi connectivity index (χ4v) is 4.59. The van der Waals surface area contributed by atoms with Crippen LogP contribution in [0.15, 0.2) is 5.38 Å². The van der Waals surface area contributed by atoms with E-state index >= 15 is 0 Å². The Kier molecular flexibility index (Phi) is 6.37. The van der Waals surface area contributed by atoms with Crippen molar-refractivity contribution in [2.45, 2.75) is 44.0 Å². The third-order valence-corrected chi connectivity index (χ3v) is 6.26. The molecule has 0 radical (unpaired) electrons. The van der Waals surface area contributed by atoms with Gasteiger partial charge in [0, 0.05) is 37.8 Å². The number of urea groups is 1. The number of nitrogens with one attached hydrogen (secondary N) is 1. The number of aromatic nitrogens is 1. The normalized spacial score (nSPS) is 20.9. The minimum Gasteiger partial charge on any atom is -0.354 e. The van der Waals surface area contributed by atoms with Crippen LogP contribution in [0.5, 0.6) is 0 Å². The van der Waals surface area contributed by atoms with Gasteiger partial charge in [-0.3, -0.25) is 0 Å².